The third-order valence-corrected chi connectivity index (χ3v) is 1.91. The van der Waals surface area contributed by atoms with Crippen molar-refractivity contribution >= 4 is 21.9 Å². The standard InChI is InChI=1S/C8H9BrO2/c1-2-11-8(10)6-3-4-7(9)5-6/h3-4H,2,5H2,1H3. The molecule has 60 valence electrons. The Hall–Kier alpha value is -0.570. The van der Waals surface area contributed by atoms with E-state index in [9.17, 15) is 4.79 Å². The highest BCUT2D eigenvalue weighted by atomic mass is 79.9. The zero-order chi connectivity index (χ0) is 8.27. The summed E-state index contributed by atoms with van der Waals surface area (Å²) in [5.74, 6) is -0.210. The van der Waals surface area contributed by atoms with Crippen LogP contribution in [-0.2, 0) is 9.53 Å². The van der Waals surface area contributed by atoms with Crippen molar-refractivity contribution in [2.45, 2.75) is 13.3 Å². The van der Waals surface area contributed by atoms with E-state index in [0.29, 0.717) is 13.0 Å². The minimum Gasteiger partial charge on any atom is -0.463 e. The Morgan fingerprint density at radius 3 is 2.91 bits per heavy atom. The van der Waals surface area contributed by atoms with Gasteiger partial charge in [0.1, 0.15) is 0 Å². The largest absolute Gasteiger partial charge is 0.463 e. The summed E-state index contributed by atoms with van der Waals surface area (Å²) in [6.45, 7) is 2.24. The molecule has 0 saturated carbocycles. The highest BCUT2D eigenvalue weighted by Crippen LogP contribution is 2.24. The van der Waals surface area contributed by atoms with E-state index in [4.69, 9.17) is 4.74 Å². The maximum absolute atomic E-state index is 11.0. The Morgan fingerprint density at radius 2 is 2.45 bits per heavy atom. The maximum Gasteiger partial charge on any atom is 0.334 e. The van der Waals surface area contributed by atoms with Gasteiger partial charge in [-0.1, -0.05) is 28.1 Å². The molecule has 0 unspecified atom stereocenters. The van der Waals surface area contributed by atoms with Gasteiger partial charge in [0.15, 0.2) is 0 Å². The summed E-state index contributed by atoms with van der Waals surface area (Å²) >= 11 is 3.30. The number of hydrogen-bond donors (Lipinski definition) is 0. The fourth-order valence-electron chi connectivity index (χ4n) is 0.855. The molecule has 0 amide bonds. The van der Waals surface area contributed by atoms with Gasteiger partial charge < -0.3 is 4.74 Å². The molecule has 1 aliphatic rings. The maximum atomic E-state index is 11.0. The van der Waals surface area contributed by atoms with Gasteiger partial charge in [0, 0.05) is 12.0 Å². The minimum atomic E-state index is -0.210. The number of esters is 1. The molecule has 0 aliphatic heterocycles. The number of allylic oxidation sites excluding steroid dienone is 3. The summed E-state index contributed by atoms with van der Waals surface area (Å²) in [5.41, 5.74) is 0.721. The monoisotopic (exact) mass is 216 g/mol. The quantitative estimate of drug-likeness (QED) is 0.662. The molecular formula is C8H9BrO2. The van der Waals surface area contributed by atoms with Crippen molar-refractivity contribution in [3.05, 3.63) is 22.2 Å². The van der Waals surface area contributed by atoms with Gasteiger partial charge in [0.25, 0.3) is 0 Å². The van der Waals surface area contributed by atoms with Gasteiger partial charge in [0.2, 0.25) is 0 Å². The number of carbonyl (C=O) groups is 1. The molecule has 0 radical (unpaired) electrons. The van der Waals surface area contributed by atoms with Crippen LogP contribution >= 0.6 is 15.9 Å². The molecule has 0 spiro atoms. The van der Waals surface area contributed by atoms with E-state index in [-0.39, 0.29) is 5.97 Å². The normalized spacial score (nSPS) is 15.8. The van der Waals surface area contributed by atoms with Gasteiger partial charge in [0.05, 0.1) is 6.61 Å². The lowest BCUT2D eigenvalue weighted by molar-refractivity contribution is -0.138. The third kappa shape index (κ3) is 2.19. The van der Waals surface area contributed by atoms with Gasteiger partial charge >= 0.3 is 5.97 Å². The summed E-state index contributed by atoms with van der Waals surface area (Å²) in [5, 5.41) is 0. The number of ether oxygens (including phenoxy) is 1. The van der Waals surface area contributed by atoms with Gasteiger partial charge in [-0.05, 0) is 11.4 Å². The van der Waals surface area contributed by atoms with Crippen molar-refractivity contribution in [1.82, 2.24) is 0 Å². The van der Waals surface area contributed by atoms with Gasteiger partial charge in [-0.15, -0.1) is 0 Å². The summed E-state index contributed by atoms with van der Waals surface area (Å²) in [6.07, 6.45) is 4.31. The summed E-state index contributed by atoms with van der Waals surface area (Å²) in [4.78, 5) is 11.0. The van der Waals surface area contributed by atoms with Crippen molar-refractivity contribution in [2.75, 3.05) is 6.61 Å². The van der Waals surface area contributed by atoms with E-state index >= 15 is 0 Å². The second kappa shape index (κ2) is 3.72. The van der Waals surface area contributed by atoms with Crippen LogP contribution in [0.4, 0.5) is 0 Å². The van der Waals surface area contributed by atoms with E-state index in [0.717, 1.165) is 10.1 Å². The van der Waals surface area contributed by atoms with Crippen molar-refractivity contribution in [3.63, 3.8) is 0 Å². The van der Waals surface area contributed by atoms with E-state index < -0.39 is 0 Å². The molecule has 2 nitrogen and oxygen atoms in total. The Labute approximate surface area is 74.1 Å². The summed E-state index contributed by atoms with van der Waals surface area (Å²) in [7, 11) is 0. The summed E-state index contributed by atoms with van der Waals surface area (Å²) in [6, 6.07) is 0. The van der Waals surface area contributed by atoms with Crippen LogP contribution in [-0.4, -0.2) is 12.6 Å². The lowest BCUT2D eigenvalue weighted by Gasteiger charge is -2.00. The van der Waals surface area contributed by atoms with Gasteiger partial charge in [-0.2, -0.15) is 0 Å². The number of hydrogen-bond acceptors (Lipinski definition) is 2. The molecule has 0 aromatic carbocycles. The molecule has 1 aliphatic carbocycles. The van der Waals surface area contributed by atoms with Crippen LogP contribution in [0, 0.1) is 0 Å². The second-order valence-electron chi connectivity index (χ2n) is 2.20. The molecule has 0 aromatic rings. The first-order valence-corrected chi connectivity index (χ1v) is 4.25. The molecule has 0 heterocycles. The fourth-order valence-corrected chi connectivity index (χ4v) is 1.29. The average Bonchev–Trinajstić information content (AvgIpc) is 2.36. The molecule has 0 atom stereocenters. The number of halogens is 1. The predicted octanol–water partition coefficient (Wildman–Crippen LogP) is 2.16. The van der Waals surface area contributed by atoms with E-state index in [1.165, 1.54) is 0 Å². The van der Waals surface area contributed by atoms with Crippen molar-refractivity contribution in [1.29, 1.82) is 0 Å². The highest BCUT2D eigenvalue weighted by Gasteiger charge is 2.14. The van der Waals surface area contributed by atoms with Crippen molar-refractivity contribution in [3.8, 4) is 0 Å². The van der Waals surface area contributed by atoms with Crippen molar-refractivity contribution < 1.29 is 9.53 Å². The van der Waals surface area contributed by atoms with Crippen LogP contribution in [0.5, 0.6) is 0 Å². The molecule has 3 heteroatoms. The highest BCUT2D eigenvalue weighted by molar-refractivity contribution is 9.11. The number of carbonyl (C=O) groups excluding carboxylic acids is 1. The van der Waals surface area contributed by atoms with Crippen LogP contribution in [0.25, 0.3) is 0 Å². The topological polar surface area (TPSA) is 26.3 Å². The molecular weight excluding hydrogens is 208 g/mol. The van der Waals surface area contributed by atoms with Crippen LogP contribution < -0.4 is 0 Å². The van der Waals surface area contributed by atoms with E-state index in [1.807, 2.05) is 6.08 Å². The first-order chi connectivity index (χ1) is 5.24. The van der Waals surface area contributed by atoms with Gasteiger partial charge in [-0.25, -0.2) is 4.79 Å². The molecule has 0 aromatic heterocycles. The zero-order valence-corrected chi connectivity index (χ0v) is 7.85. The van der Waals surface area contributed by atoms with E-state index in [1.54, 1.807) is 13.0 Å². The first-order valence-electron chi connectivity index (χ1n) is 3.46. The molecule has 1 rings (SSSR count). The molecule has 11 heavy (non-hydrogen) atoms. The molecule has 0 bridgehead atoms. The lowest BCUT2D eigenvalue weighted by atomic mass is 10.2. The van der Waals surface area contributed by atoms with Crippen LogP contribution in [0.1, 0.15) is 13.3 Å². The summed E-state index contributed by atoms with van der Waals surface area (Å²) < 4.78 is 5.84. The first kappa shape index (κ1) is 8.53. The average molecular weight is 217 g/mol. The van der Waals surface area contributed by atoms with Crippen LogP contribution in [0.15, 0.2) is 22.2 Å². The Bertz CT molecular complexity index is 228. The van der Waals surface area contributed by atoms with Crippen LogP contribution in [0.2, 0.25) is 0 Å². The Balaban J connectivity index is 2.47. The third-order valence-electron chi connectivity index (χ3n) is 1.36. The minimum absolute atomic E-state index is 0.210. The predicted molar refractivity (Wildman–Crippen MR) is 46.3 cm³/mol. The van der Waals surface area contributed by atoms with Crippen LogP contribution in [0.3, 0.4) is 0 Å². The second-order valence-corrected chi connectivity index (χ2v) is 3.22. The lowest BCUT2D eigenvalue weighted by Crippen LogP contribution is -2.05. The Morgan fingerprint density at radius 1 is 1.73 bits per heavy atom. The molecule has 0 N–H and O–H groups in total. The van der Waals surface area contributed by atoms with Crippen molar-refractivity contribution in [2.24, 2.45) is 0 Å². The van der Waals surface area contributed by atoms with E-state index in [2.05, 4.69) is 15.9 Å². The molecule has 0 saturated heterocycles. The smallest absolute Gasteiger partial charge is 0.334 e. The zero-order valence-electron chi connectivity index (χ0n) is 6.26. The number of rotatable bonds is 2. The van der Waals surface area contributed by atoms with Gasteiger partial charge in [-0.3, -0.25) is 0 Å². The molecule has 0 fully saturated rings. The fraction of sp³-hybridized carbons (Fsp3) is 0.375. The Kier molecular flexibility index (Phi) is 2.88. The SMILES string of the molecule is CCOC(=O)C1=CC=C(Br)C1.